The Kier molecular flexibility index (Phi) is 7.70. The number of aryl methyl sites for hydroxylation is 2. The van der Waals surface area contributed by atoms with Crippen LogP contribution in [0, 0.1) is 13.8 Å². The summed E-state index contributed by atoms with van der Waals surface area (Å²) in [6.45, 7) is 4.94. The number of carbonyl (C=O) groups excluding carboxylic acids is 2. The van der Waals surface area contributed by atoms with E-state index in [2.05, 4.69) is 15.3 Å². The smallest absolute Gasteiger partial charge is 0.340 e. The van der Waals surface area contributed by atoms with Gasteiger partial charge in [-0.3, -0.25) is 14.6 Å². The second-order valence-corrected chi connectivity index (χ2v) is 7.30. The molecule has 0 radical (unpaired) electrons. The summed E-state index contributed by atoms with van der Waals surface area (Å²) < 4.78 is 55.2. The summed E-state index contributed by atoms with van der Waals surface area (Å²) in [5, 5.41) is 2.79. The number of alkyl halides is 4. The molecule has 0 spiro atoms. The normalized spacial score (nSPS) is 12.5. The van der Waals surface area contributed by atoms with E-state index >= 15 is 0 Å². The first-order chi connectivity index (χ1) is 14.4. The van der Waals surface area contributed by atoms with Crippen LogP contribution in [0.1, 0.15) is 52.8 Å². The zero-order valence-electron chi connectivity index (χ0n) is 17.5. The molecule has 2 aromatic rings. The van der Waals surface area contributed by atoms with Crippen LogP contribution in [0.3, 0.4) is 0 Å². The van der Waals surface area contributed by atoms with E-state index in [4.69, 9.17) is 4.74 Å². The minimum Gasteiger partial charge on any atom is -0.471 e. The van der Waals surface area contributed by atoms with Crippen LogP contribution < -0.4 is 10.1 Å². The third-order valence-corrected chi connectivity index (χ3v) is 4.32. The first-order valence-corrected chi connectivity index (χ1v) is 9.42. The van der Waals surface area contributed by atoms with E-state index in [0.717, 1.165) is 11.8 Å². The lowest BCUT2D eigenvalue weighted by Gasteiger charge is -2.18. The van der Waals surface area contributed by atoms with E-state index < -0.39 is 30.9 Å². The van der Waals surface area contributed by atoms with Crippen LogP contribution in [-0.4, -0.2) is 40.6 Å². The monoisotopic (exact) mass is 441 g/mol. The Labute approximate surface area is 177 Å². The van der Waals surface area contributed by atoms with Gasteiger partial charge >= 0.3 is 12.3 Å². The number of ether oxygens (including phenoxy) is 1. The standard InChI is InChI=1S/C21H23F4N3O3/c1-11-5-16(9-26-19(11)31-10-21(24,25)20(22)23)18(30)28-14(4)15-6-12(2)27-17(8-15)7-13(3)29/h5-6,8-9,14,20H,7,10H2,1-4H3,(H,28,30). The molecule has 10 heteroatoms. The number of nitrogens with one attached hydrogen (secondary N) is 1. The number of hydrogen-bond donors (Lipinski definition) is 1. The van der Waals surface area contributed by atoms with Crippen molar-refractivity contribution in [1.29, 1.82) is 0 Å². The summed E-state index contributed by atoms with van der Waals surface area (Å²) in [4.78, 5) is 32.0. The molecule has 6 nitrogen and oxygen atoms in total. The summed E-state index contributed by atoms with van der Waals surface area (Å²) in [6, 6.07) is 4.48. The highest BCUT2D eigenvalue weighted by molar-refractivity contribution is 5.94. The second kappa shape index (κ2) is 9.84. The van der Waals surface area contributed by atoms with Crippen LogP contribution in [0.15, 0.2) is 24.4 Å². The van der Waals surface area contributed by atoms with E-state index in [1.54, 1.807) is 26.0 Å². The Balaban J connectivity index is 2.09. The van der Waals surface area contributed by atoms with Gasteiger partial charge in [0.05, 0.1) is 11.6 Å². The van der Waals surface area contributed by atoms with Crippen LogP contribution in [0.4, 0.5) is 17.6 Å². The molecule has 0 aliphatic carbocycles. The molecule has 0 aromatic carbocycles. The highest BCUT2D eigenvalue weighted by Crippen LogP contribution is 2.25. The molecule has 1 N–H and O–H groups in total. The molecule has 0 saturated carbocycles. The molecule has 0 aliphatic heterocycles. The number of nitrogens with zero attached hydrogens (tertiary/aromatic N) is 2. The summed E-state index contributed by atoms with van der Waals surface area (Å²) in [5.74, 6) is -5.07. The number of rotatable bonds is 9. The molecule has 0 fully saturated rings. The molecular weight excluding hydrogens is 418 g/mol. The topological polar surface area (TPSA) is 81.2 Å². The average molecular weight is 441 g/mol. The second-order valence-electron chi connectivity index (χ2n) is 7.30. The maximum atomic E-state index is 13.0. The Bertz CT molecular complexity index is 967. The van der Waals surface area contributed by atoms with Gasteiger partial charge in [0.2, 0.25) is 5.88 Å². The predicted octanol–water partition coefficient (Wildman–Crippen LogP) is 4.00. The molecule has 0 saturated heterocycles. The first-order valence-electron chi connectivity index (χ1n) is 9.42. The van der Waals surface area contributed by atoms with Crippen molar-refractivity contribution in [2.24, 2.45) is 0 Å². The molecule has 0 aliphatic rings. The van der Waals surface area contributed by atoms with Crippen LogP contribution in [0.25, 0.3) is 0 Å². The summed E-state index contributed by atoms with van der Waals surface area (Å²) in [6.07, 6.45) is -2.55. The number of carbonyl (C=O) groups is 2. The number of halogens is 4. The van der Waals surface area contributed by atoms with Crippen LogP contribution >= 0.6 is 0 Å². The SMILES string of the molecule is CC(=O)Cc1cc(C(C)NC(=O)c2cnc(OCC(F)(F)C(F)F)c(C)c2)cc(C)n1. The highest BCUT2D eigenvalue weighted by atomic mass is 19.3. The minimum atomic E-state index is -4.30. The van der Waals surface area contributed by atoms with Gasteiger partial charge in [0.1, 0.15) is 5.78 Å². The quantitative estimate of drug-likeness (QED) is 0.595. The molecule has 2 rings (SSSR count). The van der Waals surface area contributed by atoms with Crippen molar-refractivity contribution in [3.05, 3.63) is 52.5 Å². The van der Waals surface area contributed by atoms with Crippen LogP contribution in [-0.2, 0) is 11.2 Å². The Morgan fingerprint density at radius 1 is 1.19 bits per heavy atom. The zero-order chi connectivity index (χ0) is 23.3. The molecule has 168 valence electrons. The van der Waals surface area contributed by atoms with Crippen molar-refractivity contribution in [3.63, 3.8) is 0 Å². The molecule has 1 unspecified atom stereocenters. The lowest BCUT2D eigenvalue weighted by Crippen LogP contribution is -2.34. The van der Waals surface area contributed by atoms with Crippen molar-refractivity contribution in [2.75, 3.05) is 6.61 Å². The van der Waals surface area contributed by atoms with Gasteiger partial charge in [0.15, 0.2) is 6.61 Å². The number of aromatic nitrogens is 2. The fraction of sp³-hybridized carbons (Fsp3) is 0.429. The van der Waals surface area contributed by atoms with Gasteiger partial charge < -0.3 is 10.1 Å². The molecular formula is C21H23F4N3O3. The zero-order valence-corrected chi connectivity index (χ0v) is 17.5. The number of Topliss-reactive ketones (excluding diaryl/α,β-unsaturated/α-hetero) is 1. The van der Waals surface area contributed by atoms with Gasteiger partial charge in [-0.2, -0.15) is 8.78 Å². The Morgan fingerprint density at radius 3 is 2.45 bits per heavy atom. The van der Waals surface area contributed by atoms with Crippen molar-refractivity contribution >= 4 is 11.7 Å². The van der Waals surface area contributed by atoms with E-state index in [1.807, 2.05) is 0 Å². The number of ketones is 1. The lowest BCUT2D eigenvalue weighted by atomic mass is 10.0. The summed E-state index contributed by atoms with van der Waals surface area (Å²) >= 11 is 0. The minimum absolute atomic E-state index is 0.0316. The summed E-state index contributed by atoms with van der Waals surface area (Å²) in [7, 11) is 0. The van der Waals surface area contributed by atoms with Crippen molar-refractivity contribution in [1.82, 2.24) is 15.3 Å². The fourth-order valence-corrected chi connectivity index (χ4v) is 2.79. The first kappa shape index (κ1) is 24.2. The van der Waals surface area contributed by atoms with Gasteiger partial charge in [-0.1, -0.05) is 0 Å². The molecule has 1 atom stereocenters. The maximum absolute atomic E-state index is 13.0. The van der Waals surface area contributed by atoms with Gasteiger partial charge in [0, 0.05) is 29.6 Å². The third kappa shape index (κ3) is 6.73. The van der Waals surface area contributed by atoms with E-state index in [1.165, 1.54) is 19.9 Å². The van der Waals surface area contributed by atoms with E-state index in [0.29, 0.717) is 11.4 Å². The molecule has 2 aromatic heterocycles. The Morgan fingerprint density at radius 2 is 1.87 bits per heavy atom. The fourth-order valence-electron chi connectivity index (χ4n) is 2.79. The van der Waals surface area contributed by atoms with E-state index in [9.17, 15) is 27.2 Å². The maximum Gasteiger partial charge on any atom is 0.340 e. The average Bonchev–Trinajstić information content (AvgIpc) is 2.65. The van der Waals surface area contributed by atoms with Gasteiger partial charge in [-0.05, 0) is 51.5 Å². The third-order valence-electron chi connectivity index (χ3n) is 4.32. The molecule has 2 heterocycles. The van der Waals surface area contributed by atoms with Gasteiger partial charge in [-0.15, -0.1) is 0 Å². The van der Waals surface area contributed by atoms with E-state index in [-0.39, 0.29) is 29.2 Å². The van der Waals surface area contributed by atoms with Crippen molar-refractivity contribution < 1.29 is 31.9 Å². The number of hydrogen-bond acceptors (Lipinski definition) is 5. The van der Waals surface area contributed by atoms with Crippen molar-refractivity contribution in [2.45, 2.75) is 52.5 Å². The van der Waals surface area contributed by atoms with Crippen molar-refractivity contribution in [3.8, 4) is 5.88 Å². The van der Waals surface area contributed by atoms with Gasteiger partial charge in [-0.25, -0.2) is 13.8 Å². The Hall–Kier alpha value is -3.04. The number of pyridine rings is 2. The molecule has 1 amide bonds. The largest absolute Gasteiger partial charge is 0.471 e. The molecule has 0 bridgehead atoms. The van der Waals surface area contributed by atoms with Crippen LogP contribution in [0.2, 0.25) is 0 Å². The lowest BCUT2D eigenvalue weighted by molar-refractivity contribution is -0.148. The highest BCUT2D eigenvalue weighted by Gasteiger charge is 2.42. The molecule has 31 heavy (non-hydrogen) atoms. The predicted molar refractivity (Wildman–Crippen MR) is 105 cm³/mol. The van der Waals surface area contributed by atoms with Crippen LogP contribution in [0.5, 0.6) is 5.88 Å². The summed E-state index contributed by atoms with van der Waals surface area (Å²) in [5.41, 5.74) is 2.45. The number of amides is 1. The van der Waals surface area contributed by atoms with Gasteiger partial charge in [0.25, 0.3) is 5.91 Å².